The minimum atomic E-state index is -0.561. The van der Waals surface area contributed by atoms with Gasteiger partial charge in [-0.05, 0) is 69.8 Å². The highest BCUT2D eigenvalue weighted by molar-refractivity contribution is 5.70. The van der Waals surface area contributed by atoms with E-state index in [1.54, 1.807) is 0 Å². The summed E-state index contributed by atoms with van der Waals surface area (Å²) in [6, 6.07) is 26.8. The molecule has 2 heteroatoms. The van der Waals surface area contributed by atoms with Crippen LogP contribution in [0, 0.1) is 0 Å². The third-order valence-electron chi connectivity index (χ3n) is 7.37. The van der Waals surface area contributed by atoms with Crippen LogP contribution in [0.5, 0.6) is 0 Å². The summed E-state index contributed by atoms with van der Waals surface area (Å²) in [5, 5.41) is 0. The van der Waals surface area contributed by atoms with Crippen LogP contribution in [0.2, 0.25) is 0 Å². The van der Waals surface area contributed by atoms with Crippen molar-refractivity contribution in [1.29, 1.82) is 0 Å². The molecule has 1 aliphatic rings. The van der Waals surface area contributed by atoms with Crippen molar-refractivity contribution in [2.75, 3.05) is 4.90 Å². The molecule has 0 bridgehead atoms. The quantitative estimate of drug-likeness (QED) is 0.383. The van der Waals surface area contributed by atoms with Gasteiger partial charge in [-0.1, -0.05) is 109 Å². The highest BCUT2D eigenvalue weighted by Gasteiger charge is 2.31. The molecular formula is C34H42N2. The van der Waals surface area contributed by atoms with Crippen LogP contribution >= 0.6 is 0 Å². The normalized spacial score (nSPS) is 18.0. The molecule has 0 aliphatic heterocycles. The van der Waals surface area contributed by atoms with E-state index in [-0.39, 0.29) is 5.41 Å². The average molecular weight is 479 g/mol. The summed E-state index contributed by atoms with van der Waals surface area (Å²) in [6.45, 7) is 15.7. The smallest absolute Gasteiger partial charge is 0.0653 e. The number of hydrogen-bond donors (Lipinski definition) is 1. The molecular weight excluding hydrogens is 436 g/mol. The average Bonchev–Trinajstić information content (AvgIpc) is 2.84. The van der Waals surface area contributed by atoms with E-state index >= 15 is 0 Å². The fraction of sp³-hybridized carbons (Fsp3) is 0.353. The summed E-state index contributed by atoms with van der Waals surface area (Å²) >= 11 is 0. The number of rotatable bonds is 6. The van der Waals surface area contributed by atoms with Crippen molar-refractivity contribution >= 4 is 11.4 Å². The van der Waals surface area contributed by atoms with Crippen LogP contribution in [0.1, 0.15) is 89.0 Å². The van der Waals surface area contributed by atoms with Crippen LogP contribution in [-0.4, -0.2) is 0 Å². The summed E-state index contributed by atoms with van der Waals surface area (Å²) in [7, 11) is 0. The van der Waals surface area contributed by atoms with Crippen molar-refractivity contribution < 1.29 is 0 Å². The van der Waals surface area contributed by atoms with Crippen molar-refractivity contribution in [3.63, 3.8) is 0 Å². The Morgan fingerprint density at radius 3 is 1.61 bits per heavy atom. The summed E-state index contributed by atoms with van der Waals surface area (Å²) in [5.74, 6) is 1.00. The molecule has 0 spiro atoms. The summed E-state index contributed by atoms with van der Waals surface area (Å²) in [4.78, 5) is 2.36. The first-order valence-corrected chi connectivity index (χ1v) is 13.3. The molecule has 1 unspecified atom stereocenters. The SMILES string of the molecule is CC(C)c1ccc(N(C2=CC=CC(N)(c3ccc(C(C)(C)C)cc3)C2)c2ccc(C(C)C)cc2)cc1. The Morgan fingerprint density at radius 2 is 1.19 bits per heavy atom. The van der Waals surface area contributed by atoms with Gasteiger partial charge in [0.1, 0.15) is 0 Å². The molecule has 0 radical (unpaired) electrons. The lowest BCUT2D eigenvalue weighted by Gasteiger charge is -2.36. The van der Waals surface area contributed by atoms with Crippen molar-refractivity contribution in [2.24, 2.45) is 5.73 Å². The Morgan fingerprint density at radius 1 is 0.722 bits per heavy atom. The van der Waals surface area contributed by atoms with E-state index < -0.39 is 5.54 Å². The first-order valence-electron chi connectivity index (χ1n) is 13.3. The lowest BCUT2D eigenvalue weighted by molar-refractivity contribution is 0.541. The zero-order chi connectivity index (χ0) is 26.1. The summed E-state index contributed by atoms with van der Waals surface area (Å²) < 4.78 is 0. The minimum Gasteiger partial charge on any atom is -0.318 e. The van der Waals surface area contributed by atoms with Crippen LogP contribution in [0.3, 0.4) is 0 Å². The highest BCUT2D eigenvalue weighted by Crippen LogP contribution is 2.39. The van der Waals surface area contributed by atoms with Crippen molar-refractivity contribution in [3.8, 4) is 0 Å². The maximum Gasteiger partial charge on any atom is 0.0653 e. The molecule has 0 aromatic heterocycles. The molecule has 0 heterocycles. The van der Waals surface area contributed by atoms with Gasteiger partial charge in [-0.3, -0.25) is 0 Å². The molecule has 1 aliphatic carbocycles. The predicted octanol–water partition coefficient (Wildman–Crippen LogP) is 9.07. The van der Waals surface area contributed by atoms with E-state index in [0.717, 1.165) is 23.4 Å². The molecule has 3 aromatic rings. The van der Waals surface area contributed by atoms with Crippen LogP contribution in [0.4, 0.5) is 11.4 Å². The van der Waals surface area contributed by atoms with E-state index in [1.807, 2.05) is 0 Å². The maximum absolute atomic E-state index is 7.10. The summed E-state index contributed by atoms with van der Waals surface area (Å²) in [5.41, 5.74) is 15.3. The summed E-state index contributed by atoms with van der Waals surface area (Å²) in [6.07, 6.45) is 7.19. The fourth-order valence-electron chi connectivity index (χ4n) is 4.88. The van der Waals surface area contributed by atoms with Crippen LogP contribution in [0.25, 0.3) is 0 Å². The Hall–Kier alpha value is -3.10. The fourth-order valence-corrected chi connectivity index (χ4v) is 4.88. The van der Waals surface area contributed by atoms with Gasteiger partial charge >= 0.3 is 0 Å². The molecule has 3 aromatic carbocycles. The number of hydrogen-bond acceptors (Lipinski definition) is 2. The topological polar surface area (TPSA) is 29.3 Å². The second-order valence-corrected chi connectivity index (χ2v) is 11.9. The highest BCUT2D eigenvalue weighted by atomic mass is 15.2. The zero-order valence-corrected chi connectivity index (χ0v) is 23.0. The van der Waals surface area contributed by atoms with Gasteiger partial charge in [-0.15, -0.1) is 0 Å². The Bertz CT molecular complexity index is 1170. The van der Waals surface area contributed by atoms with Crippen molar-refractivity contribution in [3.05, 3.63) is 119 Å². The number of benzene rings is 3. The van der Waals surface area contributed by atoms with Crippen LogP contribution in [-0.2, 0) is 11.0 Å². The van der Waals surface area contributed by atoms with E-state index in [9.17, 15) is 0 Å². The van der Waals surface area contributed by atoms with Crippen LogP contribution in [0.15, 0.2) is 96.7 Å². The van der Waals surface area contributed by atoms with E-state index in [1.165, 1.54) is 22.4 Å². The largest absolute Gasteiger partial charge is 0.318 e. The first-order chi connectivity index (χ1) is 17.0. The maximum atomic E-state index is 7.10. The molecule has 4 rings (SSSR count). The molecule has 36 heavy (non-hydrogen) atoms. The molecule has 0 saturated carbocycles. The third kappa shape index (κ3) is 5.50. The number of anilines is 2. The van der Waals surface area contributed by atoms with Gasteiger partial charge in [0.25, 0.3) is 0 Å². The van der Waals surface area contributed by atoms with Gasteiger partial charge in [0.05, 0.1) is 5.54 Å². The molecule has 2 N–H and O–H groups in total. The lowest BCUT2D eigenvalue weighted by atomic mass is 9.80. The van der Waals surface area contributed by atoms with Gasteiger partial charge in [-0.25, -0.2) is 0 Å². The van der Waals surface area contributed by atoms with E-state index in [4.69, 9.17) is 5.73 Å². The Labute approximate surface area is 218 Å². The number of allylic oxidation sites excluding steroid dienone is 2. The Kier molecular flexibility index (Phi) is 7.29. The molecule has 188 valence electrons. The van der Waals surface area contributed by atoms with E-state index in [2.05, 4.69) is 144 Å². The number of nitrogens with zero attached hydrogens (tertiary/aromatic N) is 1. The van der Waals surface area contributed by atoms with Crippen molar-refractivity contribution in [2.45, 2.75) is 77.7 Å². The van der Waals surface area contributed by atoms with E-state index in [0.29, 0.717) is 11.8 Å². The van der Waals surface area contributed by atoms with Gasteiger partial charge in [0, 0.05) is 23.5 Å². The third-order valence-corrected chi connectivity index (χ3v) is 7.37. The van der Waals surface area contributed by atoms with Gasteiger partial charge in [0.2, 0.25) is 0 Å². The number of nitrogens with two attached hydrogens (primary N) is 1. The standard InChI is InChI=1S/C34H42N2/c1-24(2)26-10-18-30(19-11-26)36(31-20-12-27(13-21-31)25(3)4)32-9-8-22-34(35,23-32)29-16-14-28(15-17-29)33(5,6)7/h8-22,24-25H,23,35H2,1-7H3. The van der Waals surface area contributed by atoms with Crippen LogP contribution < -0.4 is 10.6 Å². The van der Waals surface area contributed by atoms with Gasteiger partial charge in [0.15, 0.2) is 0 Å². The van der Waals surface area contributed by atoms with Gasteiger partial charge < -0.3 is 10.6 Å². The predicted molar refractivity (Wildman–Crippen MR) is 156 cm³/mol. The second-order valence-electron chi connectivity index (χ2n) is 11.9. The second kappa shape index (κ2) is 10.1. The molecule has 0 amide bonds. The lowest BCUT2D eigenvalue weighted by Crippen LogP contribution is -2.38. The molecule has 1 atom stereocenters. The monoisotopic (exact) mass is 478 g/mol. The zero-order valence-electron chi connectivity index (χ0n) is 23.0. The minimum absolute atomic E-state index is 0.120. The molecule has 0 saturated heterocycles. The Balaban J connectivity index is 1.72. The first kappa shape index (κ1) is 26.0. The van der Waals surface area contributed by atoms with Gasteiger partial charge in [-0.2, -0.15) is 0 Å². The van der Waals surface area contributed by atoms with Crippen molar-refractivity contribution in [1.82, 2.24) is 0 Å². The molecule has 0 fully saturated rings. The molecule has 2 nitrogen and oxygen atoms in total.